The average Bonchev–Trinajstić information content (AvgIpc) is 3.06. The van der Waals surface area contributed by atoms with Gasteiger partial charge in [-0.1, -0.05) is 19.1 Å². The van der Waals surface area contributed by atoms with Gasteiger partial charge in [0.25, 0.3) is 0 Å². The molecule has 1 unspecified atom stereocenters. The van der Waals surface area contributed by atoms with Crippen LogP contribution in [0.15, 0.2) is 29.3 Å². The number of carbonyl (C=O) groups excluding carboxylic acids is 1. The van der Waals surface area contributed by atoms with Gasteiger partial charge in [0.1, 0.15) is 0 Å². The topological polar surface area (TPSA) is 66.0 Å². The third-order valence-corrected chi connectivity index (χ3v) is 4.36. The van der Waals surface area contributed by atoms with Gasteiger partial charge in [-0.3, -0.25) is 9.79 Å². The van der Waals surface area contributed by atoms with Crippen LogP contribution in [0.1, 0.15) is 31.7 Å². The standard InChI is InChI=1S/C19H30N4O2/c1-4-5-18(24)22-17-8-6-15(7-9-17)12-21-19(20-2)23-11-10-16(13-23)14-25-3/h6-9,16H,4-5,10-14H2,1-3H3,(H,20,21)(H,22,24). The lowest BCUT2D eigenvalue weighted by Gasteiger charge is -2.21. The van der Waals surface area contributed by atoms with E-state index in [-0.39, 0.29) is 5.91 Å². The molecule has 1 fully saturated rings. The summed E-state index contributed by atoms with van der Waals surface area (Å²) in [6.45, 7) is 5.51. The number of nitrogens with zero attached hydrogens (tertiary/aromatic N) is 2. The first-order chi connectivity index (χ1) is 12.2. The van der Waals surface area contributed by atoms with Gasteiger partial charge in [0.05, 0.1) is 6.61 Å². The molecule has 2 N–H and O–H groups in total. The number of hydrogen-bond acceptors (Lipinski definition) is 3. The third-order valence-electron chi connectivity index (χ3n) is 4.36. The molecule has 6 heteroatoms. The summed E-state index contributed by atoms with van der Waals surface area (Å²) < 4.78 is 5.25. The summed E-state index contributed by atoms with van der Waals surface area (Å²) in [5.74, 6) is 1.57. The van der Waals surface area contributed by atoms with Gasteiger partial charge in [0.15, 0.2) is 5.96 Å². The van der Waals surface area contributed by atoms with Crippen molar-refractivity contribution in [1.82, 2.24) is 10.2 Å². The van der Waals surface area contributed by atoms with E-state index in [1.54, 1.807) is 7.11 Å². The maximum Gasteiger partial charge on any atom is 0.224 e. The number of nitrogens with one attached hydrogen (secondary N) is 2. The van der Waals surface area contributed by atoms with Crippen LogP contribution in [-0.4, -0.2) is 50.6 Å². The Kier molecular flexibility index (Phi) is 7.73. The van der Waals surface area contributed by atoms with Crippen LogP contribution in [0.5, 0.6) is 0 Å². The summed E-state index contributed by atoms with van der Waals surface area (Å²) in [5.41, 5.74) is 2.00. The van der Waals surface area contributed by atoms with Gasteiger partial charge in [-0.15, -0.1) is 0 Å². The van der Waals surface area contributed by atoms with E-state index in [1.807, 2.05) is 38.2 Å². The molecule has 1 amide bonds. The number of benzene rings is 1. The number of guanidine groups is 1. The molecule has 1 saturated heterocycles. The van der Waals surface area contributed by atoms with Gasteiger partial charge in [-0.2, -0.15) is 0 Å². The molecule has 138 valence electrons. The van der Waals surface area contributed by atoms with Crippen molar-refractivity contribution in [2.24, 2.45) is 10.9 Å². The van der Waals surface area contributed by atoms with E-state index in [0.717, 1.165) is 49.7 Å². The number of aliphatic imine (C=N–C) groups is 1. The van der Waals surface area contributed by atoms with Crippen LogP contribution < -0.4 is 10.6 Å². The molecule has 1 heterocycles. The van der Waals surface area contributed by atoms with Gasteiger partial charge in [0.2, 0.25) is 5.91 Å². The minimum Gasteiger partial charge on any atom is -0.384 e. The molecular formula is C19H30N4O2. The highest BCUT2D eigenvalue weighted by atomic mass is 16.5. The fraction of sp³-hybridized carbons (Fsp3) is 0.579. The maximum atomic E-state index is 11.6. The number of carbonyl (C=O) groups is 1. The zero-order chi connectivity index (χ0) is 18.1. The molecule has 1 aliphatic heterocycles. The molecule has 0 saturated carbocycles. The SMILES string of the molecule is CCCC(=O)Nc1ccc(CNC(=NC)N2CCC(COC)C2)cc1. The molecule has 25 heavy (non-hydrogen) atoms. The highest BCUT2D eigenvalue weighted by Crippen LogP contribution is 2.16. The van der Waals surface area contributed by atoms with E-state index in [9.17, 15) is 4.79 Å². The molecule has 0 spiro atoms. The van der Waals surface area contributed by atoms with Gasteiger partial charge < -0.3 is 20.3 Å². The van der Waals surface area contributed by atoms with Crippen molar-refractivity contribution in [3.63, 3.8) is 0 Å². The molecular weight excluding hydrogens is 316 g/mol. The van der Waals surface area contributed by atoms with Crippen molar-refractivity contribution in [1.29, 1.82) is 0 Å². The number of methoxy groups -OCH3 is 1. The Labute approximate surface area is 150 Å². The maximum absolute atomic E-state index is 11.6. The fourth-order valence-corrected chi connectivity index (χ4v) is 3.07. The van der Waals surface area contributed by atoms with Crippen molar-refractivity contribution in [3.05, 3.63) is 29.8 Å². The highest BCUT2D eigenvalue weighted by molar-refractivity contribution is 5.90. The summed E-state index contributed by atoms with van der Waals surface area (Å²) in [4.78, 5) is 18.3. The van der Waals surface area contributed by atoms with E-state index in [0.29, 0.717) is 18.9 Å². The van der Waals surface area contributed by atoms with Gasteiger partial charge in [0, 0.05) is 51.8 Å². The second kappa shape index (κ2) is 10.0. The lowest BCUT2D eigenvalue weighted by Crippen LogP contribution is -2.39. The molecule has 2 rings (SSSR count). The number of amides is 1. The lowest BCUT2D eigenvalue weighted by molar-refractivity contribution is -0.116. The summed E-state index contributed by atoms with van der Waals surface area (Å²) in [7, 11) is 3.57. The highest BCUT2D eigenvalue weighted by Gasteiger charge is 2.24. The van der Waals surface area contributed by atoms with Crippen molar-refractivity contribution in [2.45, 2.75) is 32.7 Å². The van der Waals surface area contributed by atoms with Crippen LogP contribution in [0.3, 0.4) is 0 Å². The normalized spacial score (nSPS) is 17.6. The van der Waals surface area contributed by atoms with Gasteiger partial charge in [-0.05, 0) is 30.5 Å². The van der Waals surface area contributed by atoms with Crippen LogP contribution in [-0.2, 0) is 16.1 Å². The Morgan fingerprint density at radius 3 is 2.76 bits per heavy atom. The zero-order valence-electron chi connectivity index (χ0n) is 15.5. The number of hydrogen-bond donors (Lipinski definition) is 2. The third kappa shape index (κ3) is 6.05. The number of ether oxygens (including phenoxy) is 1. The summed E-state index contributed by atoms with van der Waals surface area (Å²) in [6.07, 6.45) is 2.55. The van der Waals surface area contributed by atoms with Crippen LogP contribution in [0.4, 0.5) is 5.69 Å². The number of anilines is 1. The molecule has 1 aromatic rings. The van der Waals surface area contributed by atoms with E-state index >= 15 is 0 Å². The smallest absolute Gasteiger partial charge is 0.224 e. The lowest BCUT2D eigenvalue weighted by atomic mass is 10.1. The Morgan fingerprint density at radius 2 is 2.12 bits per heavy atom. The van der Waals surface area contributed by atoms with Crippen molar-refractivity contribution in [3.8, 4) is 0 Å². The summed E-state index contributed by atoms with van der Waals surface area (Å²) >= 11 is 0. The molecule has 1 aromatic carbocycles. The van der Waals surface area contributed by atoms with Crippen molar-refractivity contribution in [2.75, 3.05) is 39.2 Å². The Morgan fingerprint density at radius 1 is 1.36 bits per heavy atom. The van der Waals surface area contributed by atoms with E-state index in [1.165, 1.54) is 0 Å². The molecule has 1 aliphatic rings. The van der Waals surface area contributed by atoms with Crippen LogP contribution >= 0.6 is 0 Å². The Balaban J connectivity index is 1.82. The van der Waals surface area contributed by atoms with E-state index in [4.69, 9.17) is 4.74 Å². The van der Waals surface area contributed by atoms with Crippen LogP contribution in [0, 0.1) is 5.92 Å². The largest absolute Gasteiger partial charge is 0.384 e. The summed E-state index contributed by atoms with van der Waals surface area (Å²) in [6, 6.07) is 7.94. The molecule has 0 radical (unpaired) electrons. The minimum atomic E-state index is 0.0634. The molecule has 6 nitrogen and oxygen atoms in total. The second-order valence-electron chi connectivity index (χ2n) is 6.45. The number of rotatable bonds is 7. The van der Waals surface area contributed by atoms with Crippen molar-refractivity contribution < 1.29 is 9.53 Å². The first-order valence-electron chi connectivity index (χ1n) is 8.99. The quantitative estimate of drug-likeness (QED) is 0.588. The second-order valence-corrected chi connectivity index (χ2v) is 6.45. The van der Waals surface area contributed by atoms with E-state index < -0.39 is 0 Å². The predicted octanol–water partition coefficient (Wildman–Crippen LogP) is 2.47. The molecule has 1 atom stereocenters. The van der Waals surface area contributed by atoms with Gasteiger partial charge in [-0.25, -0.2) is 0 Å². The van der Waals surface area contributed by atoms with E-state index in [2.05, 4.69) is 20.5 Å². The van der Waals surface area contributed by atoms with Crippen molar-refractivity contribution >= 4 is 17.6 Å². The first kappa shape index (κ1) is 19.2. The monoisotopic (exact) mass is 346 g/mol. The Bertz CT molecular complexity index is 571. The minimum absolute atomic E-state index is 0.0634. The predicted molar refractivity (Wildman–Crippen MR) is 102 cm³/mol. The van der Waals surface area contributed by atoms with Crippen LogP contribution in [0.2, 0.25) is 0 Å². The average molecular weight is 346 g/mol. The fourth-order valence-electron chi connectivity index (χ4n) is 3.07. The zero-order valence-corrected chi connectivity index (χ0v) is 15.5. The first-order valence-corrected chi connectivity index (χ1v) is 8.99. The summed E-state index contributed by atoms with van der Waals surface area (Å²) in [5, 5.41) is 6.32. The van der Waals surface area contributed by atoms with Gasteiger partial charge >= 0.3 is 0 Å². The molecule has 0 bridgehead atoms. The van der Waals surface area contributed by atoms with Crippen LogP contribution in [0.25, 0.3) is 0 Å². The molecule has 0 aliphatic carbocycles. The molecule has 0 aromatic heterocycles. The number of likely N-dealkylation sites (tertiary alicyclic amines) is 1. The Hall–Kier alpha value is -2.08.